The van der Waals surface area contributed by atoms with Crippen molar-refractivity contribution >= 4 is 11.9 Å². The molecule has 0 spiro atoms. The van der Waals surface area contributed by atoms with Crippen LogP contribution < -0.4 is 16.0 Å². The molecule has 7 heteroatoms. The molecule has 1 fully saturated rings. The minimum atomic E-state index is -0.493. The molecule has 0 atom stereocenters. The van der Waals surface area contributed by atoms with Crippen LogP contribution in [0.3, 0.4) is 0 Å². The number of hydrogen-bond acceptors (Lipinski definition) is 4. The molecule has 7 nitrogen and oxygen atoms in total. The zero-order valence-electron chi connectivity index (χ0n) is 16.2. The van der Waals surface area contributed by atoms with Crippen molar-refractivity contribution in [1.29, 1.82) is 0 Å². The van der Waals surface area contributed by atoms with Crippen molar-refractivity contribution in [3.05, 3.63) is 0 Å². The van der Waals surface area contributed by atoms with Crippen molar-refractivity contribution in [3.8, 4) is 0 Å². The molecule has 140 valence electrons. The fourth-order valence-corrected chi connectivity index (χ4v) is 2.59. The number of carbonyl (C=O) groups excluding carboxylic acids is 1. The van der Waals surface area contributed by atoms with Crippen molar-refractivity contribution in [2.24, 2.45) is 10.4 Å². The van der Waals surface area contributed by atoms with Gasteiger partial charge in [-0.3, -0.25) is 14.7 Å². The van der Waals surface area contributed by atoms with Gasteiger partial charge in [-0.15, -0.1) is 0 Å². The molecule has 1 heterocycles. The molecule has 0 bridgehead atoms. The van der Waals surface area contributed by atoms with Gasteiger partial charge in [0.2, 0.25) is 5.91 Å². The minimum Gasteiger partial charge on any atom is -0.379 e. The fraction of sp³-hybridized carbons (Fsp3) is 0.882. The monoisotopic (exact) mass is 341 g/mol. The topological polar surface area (TPSA) is 78.0 Å². The van der Waals surface area contributed by atoms with Gasteiger partial charge in [-0.2, -0.15) is 0 Å². The van der Waals surface area contributed by atoms with E-state index in [9.17, 15) is 4.79 Å². The van der Waals surface area contributed by atoms with Gasteiger partial charge in [0.05, 0.1) is 18.6 Å². The second-order valence-corrected chi connectivity index (χ2v) is 7.43. The van der Waals surface area contributed by atoms with Crippen LogP contribution in [0.5, 0.6) is 0 Å². The van der Waals surface area contributed by atoms with Gasteiger partial charge in [0.15, 0.2) is 5.96 Å². The lowest BCUT2D eigenvalue weighted by Crippen LogP contribution is -2.57. The molecule has 0 aromatic heterocycles. The Labute approximate surface area is 146 Å². The van der Waals surface area contributed by atoms with Crippen LogP contribution in [0.25, 0.3) is 0 Å². The lowest BCUT2D eigenvalue weighted by Gasteiger charge is -2.41. The number of rotatable bonds is 7. The number of aliphatic imine (C=N–C) groups is 1. The van der Waals surface area contributed by atoms with Gasteiger partial charge in [0, 0.05) is 45.3 Å². The molecule has 1 rings (SSSR count). The molecule has 1 aliphatic rings. The first kappa shape index (κ1) is 20.7. The van der Waals surface area contributed by atoms with Crippen LogP contribution in [0.4, 0.5) is 0 Å². The summed E-state index contributed by atoms with van der Waals surface area (Å²) in [5.74, 6) is 0.760. The Hall–Kier alpha value is -1.34. The molecule has 0 aromatic rings. The second kappa shape index (κ2) is 9.22. The van der Waals surface area contributed by atoms with E-state index >= 15 is 0 Å². The summed E-state index contributed by atoms with van der Waals surface area (Å²) < 4.78 is 5.42. The van der Waals surface area contributed by atoms with Crippen molar-refractivity contribution < 1.29 is 9.53 Å². The number of ether oxygens (including phenoxy) is 1. The molecule has 0 unspecified atom stereocenters. The van der Waals surface area contributed by atoms with Gasteiger partial charge in [-0.25, -0.2) is 0 Å². The number of morpholine rings is 1. The highest BCUT2D eigenvalue weighted by Gasteiger charge is 2.29. The lowest BCUT2D eigenvalue weighted by molar-refractivity contribution is -0.128. The van der Waals surface area contributed by atoms with Gasteiger partial charge in [-0.05, 0) is 34.6 Å². The van der Waals surface area contributed by atoms with E-state index in [-0.39, 0.29) is 11.4 Å². The number of hydrogen-bond donors (Lipinski definition) is 3. The Kier molecular flexibility index (Phi) is 7.96. The molecule has 1 aliphatic heterocycles. The second-order valence-electron chi connectivity index (χ2n) is 7.43. The molecule has 1 saturated heterocycles. The van der Waals surface area contributed by atoms with Gasteiger partial charge < -0.3 is 20.7 Å². The predicted molar refractivity (Wildman–Crippen MR) is 98.3 cm³/mol. The van der Waals surface area contributed by atoms with Crippen LogP contribution in [0.2, 0.25) is 0 Å². The Morgan fingerprint density at radius 3 is 2.21 bits per heavy atom. The van der Waals surface area contributed by atoms with Crippen LogP contribution in [-0.4, -0.2) is 75.3 Å². The first-order chi connectivity index (χ1) is 11.2. The highest BCUT2D eigenvalue weighted by Crippen LogP contribution is 2.15. The third kappa shape index (κ3) is 6.28. The van der Waals surface area contributed by atoms with Crippen molar-refractivity contribution in [2.75, 3.05) is 53.0 Å². The quantitative estimate of drug-likeness (QED) is 0.462. The third-order valence-electron chi connectivity index (χ3n) is 4.43. The fourth-order valence-electron chi connectivity index (χ4n) is 2.59. The van der Waals surface area contributed by atoms with Crippen molar-refractivity contribution in [3.63, 3.8) is 0 Å². The molecule has 1 amide bonds. The van der Waals surface area contributed by atoms with Crippen LogP contribution in [0, 0.1) is 5.41 Å². The maximum Gasteiger partial charge on any atom is 0.227 e. The largest absolute Gasteiger partial charge is 0.379 e. The maximum atomic E-state index is 12.1. The Balaban J connectivity index is 2.48. The van der Waals surface area contributed by atoms with Gasteiger partial charge >= 0.3 is 0 Å². The molecule has 3 N–H and O–H groups in total. The summed E-state index contributed by atoms with van der Waals surface area (Å²) in [5.41, 5.74) is -0.482. The van der Waals surface area contributed by atoms with Gasteiger partial charge in [0.1, 0.15) is 0 Å². The first-order valence-electron chi connectivity index (χ1n) is 8.78. The maximum absolute atomic E-state index is 12.1. The van der Waals surface area contributed by atoms with Crippen LogP contribution in [-0.2, 0) is 9.53 Å². The predicted octanol–water partition coefficient (Wildman–Crippen LogP) is 0.425. The molecule has 0 aromatic carbocycles. The third-order valence-corrected chi connectivity index (χ3v) is 4.43. The molecule has 24 heavy (non-hydrogen) atoms. The summed E-state index contributed by atoms with van der Waals surface area (Å²) in [4.78, 5) is 18.7. The van der Waals surface area contributed by atoms with E-state index in [2.05, 4.69) is 39.7 Å². The first-order valence-corrected chi connectivity index (χ1v) is 8.78. The molecular weight excluding hydrogens is 306 g/mol. The minimum absolute atomic E-state index is 0.0104. The summed E-state index contributed by atoms with van der Waals surface area (Å²) >= 11 is 0. The molecule has 0 radical (unpaired) electrons. The summed E-state index contributed by atoms with van der Waals surface area (Å²) in [5, 5.41) is 9.50. The Morgan fingerprint density at radius 2 is 1.67 bits per heavy atom. The van der Waals surface area contributed by atoms with E-state index in [0.717, 1.165) is 32.8 Å². The Morgan fingerprint density at radius 1 is 1.08 bits per heavy atom. The molecule has 0 saturated carbocycles. The molecule has 0 aliphatic carbocycles. The standard InChI is InChI=1S/C17H35N5O2/c1-7-19-14(23)16(2,3)12-20-15(18-6)21-13-17(4,5)22-8-10-24-11-9-22/h7-13H2,1-6H3,(H,19,23)(H2,18,20,21). The van der Waals surface area contributed by atoms with Crippen LogP contribution in [0.15, 0.2) is 4.99 Å². The average molecular weight is 342 g/mol. The smallest absolute Gasteiger partial charge is 0.227 e. The summed E-state index contributed by atoms with van der Waals surface area (Å²) in [7, 11) is 1.75. The zero-order valence-corrected chi connectivity index (χ0v) is 16.2. The Bertz CT molecular complexity index is 429. The van der Waals surface area contributed by atoms with E-state index in [4.69, 9.17) is 4.74 Å². The lowest BCUT2D eigenvalue weighted by atomic mass is 9.92. The van der Waals surface area contributed by atoms with Crippen LogP contribution in [0.1, 0.15) is 34.6 Å². The van der Waals surface area contributed by atoms with Gasteiger partial charge in [-0.1, -0.05) is 0 Å². The van der Waals surface area contributed by atoms with Crippen molar-refractivity contribution in [1.82, 2.24) is 20.9 Å². The molecular formula is C17H35N5O2. The van der Waals surface area contributed by atoms with E-state index in [0.29, 0.717) is 19.0 Å². The van der Waals surface area contributed by atoms with Crippen molar-refractivity contribution in [2.45, 2.75) is 40.2 Å². The number of carbonyl (C=O) groups is 1. The zero-order chi connectivity index (χ0) is 18.2. The number of amides is 1. The normalized spacial score (nSPS) is 17.5. The number of nitrogens with zero attached hydrogens (tertiary/aromatic N) is 2. The highest BCUT2D eigenvalue weighted by molar-refractivity contribution is 5.84. The highest BCUT2D eigenvalue weighted by atomic mass is 16.5. The average Bonchev–Trinajstić information content (AvgIpc) is 2.56. The van der Waals surface area contributed by atoms with E-state index in [1.165, 1.54) is 0 Å². The summed E-state index contributed by atoms with van der Waals surface area (Å²) in [6.45, 7) is 15.6. The number of nitrogens with one attached hydrogen (secondary N) is 3. The van der Waals surface area contributed by atoms with Crippen LogP contribution >= 0.6 is 0 Å². The summed E-state index contributed by atoms with van der Waals surface area (Å²) in [6, 6.07) is 0. The van der Waals surface area contributed by atoms with E-state index in [1.807, 2.05) is 20.8 Å². The van der Waals surface area contributed by atoms with Gasteiger partial charge in [0.25, 0.3) is 0 Å². The van der Waals surface area contributed by atoms with E-state index in [1.54, 1.807) is 7.05 Å². The van der Waals surface area contributed by atoms with E-state index < -0.39 is 5.41 Å². The summed E-state index contributed by atoms with van der Waals surface area (Å²) in [6.07, 6.45) is 0. The SMILES string of the molecule is CCNC(=O)C(C)(C)CNC(=NC)NCC(C)(C)N1CCOCC1. The number of guanidine groups is 1.